The smallest absolute Gasteiger partial charge is 0.253 e. The number of nitrogens with one attached hydrogen (secondary N) is 2. The summed E-state index contributed by atoms with van der Waals surface area (Å²) in [5.41, 5.74) is 1.67. The van der Waals surface area contributed by atoms with E-state index in [1.807, 2.05) is 19.1 Å². The molecule has 10 heteroatoms. The monoisotopic (exact) mass is 532 g/mol. The first kappa shape index (κ1) is 27.4. The summed E-state index contributed by atoms with van der Waals surface area (Å²) in [5.74, 6) is 1.15. The highest BCUT2D eigenvalue weighted by Gasteiger charge is 2.48. The zero-order valence-electron chi connectivity index (χ0n) is 21.6. The normalized spacial score (nSPS) is 24.3. The second-order valence-electron chi connectivity index (χ2n) is 10.6. The number of halogens is 1. The van der Waals surface area contributed by atoms with Gasteiger partial charge in [-0.2, -0.15) is 0 Å². The van der Waals surface area contributed by atoms with Crippen molar-refractivity contribution in [1.29, 1.82) is 0 Å². The minimum Gasteiger partial charge on any atom is -0.326 e. The maximum Gasteiger partial charge on any atom is 0.253 e. The van der Waals surface area contributed by atoms with E-state index in [1.54, 1.807) is 12.1 Å². The Morgan fingerprint density at radius 3 is 2.57 bits per heavy atom. The number of amidine groups is 1. The number of carbonyl (C=O) groups is 2. The van der Waals surface area contributed by atoms with Gasteiger partial charge in [0.15, 0.2) is 0 Å². The highest BCUT2D eigenvalue weighted by molar-refractivity contribution is 7.89. The molecule has 0 unspecified atom stereocenters. The van der Waals surface area contributed by atoms with E-state index in [-0.39, 0.29) is 36.6 Å². The molecule has 2 N–H and O–H groups in total. The Bertz CT molecular complexity index is 1180. The SMILES string of the molecule is CC(=O)Nc1ccc(CCS(=O)(=O)N2CCC3(CC2)N=C(C2CCC(CC=CF)CC2)NC3=O)c(C)c1. The number of piperidine rings is 1. The van der Waals surface area contributed by atoms with Crippen LogP contribution in [0.15, 0.2) is 35.6 Å². The molecular weight excluding hydrogens is 495 g/mol. The zero-order valence-corrected chi connectivity index (χ0v) is 22.4. The van der Waals surface area contributed by atoms with E-state index in [0.717, 1.165) is 49.1 Å². The largest absolute Gasteiger partial charge is 0.326 e. The van der Waals surface area contributed by atoms with Crippen molar-refractivity contribution < 1.29 is 22.4 Å². The van der Waals surface area contributed by atoms with Crippen molar-refractivity contribution in [2.24, 2.45) is 16.8 Å². The number of sulfonamides is 1. The number of rotatable bonds is 8. The number of anilines is 1. The van der Waals surface area contributed by atoms with Crippen molar-refractivity contribution in [3.05, 3.63) is 41.7 Å². The molecule has 2 amide bonds. The number of amides is 2. The highest BCUT2D eigenvalue weighted by Crippen LogP contribution is 2.37. The third-order valence-corrected chi connectivity index (χ3v) is 9.90. The Morgan fingerprint density at radius 1 is 1.24 bits per heavy atom. The quantitative estimate of drug-likeness (QED) is 0.530. The van der Waals surface area contributed by atoms with Gasteiger partial charge in [0, 0.05) is 31.6 Å². The molecule has 0 atom stereocenters. The van der Waals surface area contributed by atoms with Crippen LogP contribution in [-0.2, 0) is 26.0 Å². The molecule has 3 aliphatic rings. The van der Waals surface area contributed by atoms with Gasteiger partial charge in [-0.1, -0.05) is 12.1 Å². The average molecular weight is 533 g/mol. The molecule has 1 aromatic rings. The lowest BCUT2D eigenvalue weighted by molar-refractivity contribution is -0.125. The first-order chi connectivity index (χ1) is 17.6. The number of aliphatic imine (C=N–C) groups is 1. The Hall–Kier alpha value is -2.59. The summed E-state index contributed by atoms with van der Waals surface area (Å²) in [4.78, 5) is 29.0. The van der Waals surface area contributed by atoms with Gasteiger partial charge < -0.3 is 10.6 Å². The van der Waals surface area contributed by atoms with E-state index in [0.29, 0.717) is 37.2 Å². The topological polar surface area (TPSA) is 108 Å². The molecular formula is C27H37FN4O4S. The second kappa shape index (κ2) is 11.4. The van der Waals surface area contributed by atoms with E-state index in [2.05, 4.69) is 10.6 Å². The van der Waals surface area contributed by atoms with Crippen molar-refractivity contribution in [3.63, 3.8) is 0 Å². The molecule has 1 spiro atoms. The Labute approximate surface area is 218 Å². The Morgan fingerprint density at radius 2 is 1.95 bits per heavy atom. The van der Waals surface area contributed by atoms with Gasteiger partial charge in [0.2, 0.25) is 15.9 Å². The Kier molecular flexibility index (Phi) is 8.48. The summed E-state index contributed by atoms with van der Waals surface area (Å²) in [7, 11) is -3.49. The summed E-state index contributed by atoms with van der Waals surface area (Å²) in [5, 5.41) is 5.74. The van der Waals surface area contributed by atoms with Crippen LogP contribution in [0.5, 0.6) is 0 Å². The molecule has 1 saturated carbocycles. The Balaban J connectivity index is 1.32. The maximum atomic E-state index is 13.1. The standard InChI is InChI=1S/C27H37FN4O4S/c1-19-18-24(29-20(2)33)10-9-22(19)11-17-37(35,36)32-15-12-27(13-16-32)26(34)30-25(31-27)23-7-5-21(6-8-23)4-3-14-28/h3,9-10,14,18,21,23H,4-8,11-13,15-17H2,1-2H3,(H,29,33)(H,30,31,34). The van der Waals surface area contributed by atoms with Gasteiger partial charge in [0.25, 0.3) is 5.91 Å². The first-order valence-corrected chi connectivity index (χ1v) is 14.7. The molecule has 0 aromatic heterocycles. The van der Waals surface area contributed by atoms with Gasteiger partial charge in [0.05, 0.1) is 12.1 Å². The lowest BCUT2D eigenvalue weighted by atomic mass is 9.80. The number of hydrogen-bond donors (Lipinski definition) is 2. The second-order valence-corrected chi connectivity index (χ2v) is 12.7. The predicted molar refractivity (Wildman–Crippen MR) is 142 cm³/mol. The lowest BCUT2D eigenvalue weighted by Crippen LogP contribution is -2.51. The number of benzene rings is 1. The molecule has 202 valence electrons. The van der Waals surface area contributed by atoms with Crippen molar-refractivity contribution >= 4 is 33.4 Å². The van der Waals surface area contributed by atoms with Crippen molar-refractivity contribution in [3.8, 4) is 0 Å². The molecule has 1 saturated heterocycles. The van der Waals surface area contributed by atoms with Crippen LogP contribution in [-0.4, -0.2) is 54.8 Å². The molecule has 0 radical (unpaired) electrons. The van der Waals surface area contributed by atoms with Gasteiger partial charge in [0.1, 0.15) is 11.4 Å². The molecule has 2 aliphatic heterocycles. The third kappa shape index (κ3) is 6.46. The van der Waals surface area contributed by atoms with Gasteiger partial charge in [-0.05, 0) is 87.5 Å². The average Bonchev–Trinajstić information content (AvgIpc) is 3.17. The molecule has 1 aromatic carbocycles. The zero-order chi connectivity index (χ0) is 26.6. The van der Waals surface area contributed by atoms with Gasteiger partial charge >= 0.3 is 0 Å². The van der Waals surface area contributed by atoms with Crippen LogP contribution in [0.4, 0.5) is 10.1 Å². The minimum atomic E-state index is -3.49. The maximum absolute atomic E-state index is 13.1. The fourth-order valence-electron chi connectivity index (χ4n) is 5.75. The van der Waals surface area contributed by atoms with Gasteiger partial charge in [-0.15, -0.1) is 0 Å². The fraction of sp³-hybridized carbons (Fsp3) is 0.593. The molecule has 1 aliphatic carbocycles. The molecule has 8 nitrogen and oxygen atoms in total. The summed E-state index contributed by atoms with van der Waals surface area (Å²) < 4.78 is 40.0. The van der Waals surface area contributed by atoms with E-state index in [4.69, 9.17) is 4.99 Å². The highest BCUT2D eigenvalue weighted by atomic mass is 32.2. The summed E-state index contributed by atoms with van der Waals surface area (Å²) in [6.45, 7) is 3.89. The van der Waals surface area contributed by atoms with E-state index < -0.39 is 15.6 Å². The van der Waals surface area contributed by atoms with E-state index in [9.17, 15) is 22.4 Å². The van der Waals surface area contributed by atoms with Crippen LogP contribution in [0.25, 0.3) is 0 Å². The van der Waals surface area contributed by atoms with Crippen LogP contribution < -0.4 is 10.6 Å². The molecule has 4 rings (SSSR count). The first-order valence-electron chi connectivity index (χ1n) is 13.1. The molecule has 2 heterocycles. The van der Waals surface area contributed by atoms with Crippen LogP contribution in [0.1, 0.15) is 63.0 Å². The lowest BCUT2D eigenvalue weighted by Gasteiger charge is -2.34. The minimum absolute atomic E-state index is 0.0120. The number of allylic oxidation sites excluding steroid dienone is 1. The molecule has 0 bridgehead atoms. The van der Waals surface area contributed by atoms with Gasteiger partial charge in [-0.25, -0.2) is 17.1 Å². The summed E-state index contributed by atoms with van der Waals surface area (Å²) in [6, 6.07) is 5.48. The van der Waals surface area contributed by atoms with Crippen LogP contribution in [0.3, 0.4) is 0 Å². The fourth-order valence-corrected chi connectivity index (χ4v) is 7.22. The van der Waals surface area contributed by atoms with Crippen molar-refractivity contribution in [2.75, 3.05) is 24.2 Å². The molecule has 37 heavy (non-hydrogen) atoms. The summed E-state index contributed by atoms with van der Waals surface area (Å²) in [6.07, 6.45) is 7.87. The number of carbonyl (C=O) groups excluding carboxylic acids is 2. The van der Waals surface area contributed by atoms with Crippen LogP contribution in [0, 0.1) is 18.8 Å². The predicted octanol–water partition coefficient (Wildman–Crippen LogP) is 3.87. The van der Waals surface area contributed by atoms with Gasteiger partial charge in [-0.3, -0.25) is 14.6 Å². The third-order valence-electron chi connectivity index (χ3n) is 8.03. The number of hydrogen-bond acceptors (Lipinski definition) is 5. The van der Waals surface area contributed by atoms with E-state index in [1.165, 1.54) is 11.2 Å². The van der Waals surface area contributed by atoms with Crippen molar-refractivity contribution in [1.82, 2.24) is 9.62 Å². The van der Waals surface area contributed by atoms with Crippen LogP contribution >= 0.6 is 0 Å². The van der Waals surface area contributed by atoms with Crippen LogP contribution in [0.2, 0.25) is 0 Å². The van der Waals surface area contributed by atoms with Crippen molar-refractivity contribution in [2.45, 2.75) is 70.8 Å². The summed E-state index contributed by atoms with van der Waals surface area (Å²) >= 11 is 0. The number of nitrogens with zero attached hydrogens (tertiary/aromatic N) is 2. The van der Waals surface area contributed by atoms with E-state index >= 15 is 0 Å². The molecule has 2 fully saturated rings. The number of aryl methyl sites for hydroxylation is 2.